The van der Waals surface area contributed by atoms with Gasteiger partial charge in [0, 0.05) is 6.61 Å². The predicted molar refractivity (Wildman–Crippen MR) is 72.8 cm³/mol. The molecule has 1 N–H and O–H groups in total. The van der Waals surface area contributed by atoms with Gasteiger partial charge in [0.2, 0.25) is 0 Å². The molecule has 0 saturated heterocycles. The van der Waals surface area contributed by atoms with Gasteiger partial charge in [-0.05, 0) is 37.0 Å². The molecule has 1 rings (SSSR count). The van der Waals surface area contributed by atoms with Crippen LogP contribution in [0.2, 0.25) is 0 Å². The highest BCUT2D eigenvalue weighted by molar-refractivity contribution is 5.28. The third-order valence-electron chi connectivity index (χ3n) is 2.70. The molecule has 1 atom stereocenters. The lowest BCUT2D eigenvalue weighted by Gasteiger charge is -2.09. The first-order chi connectivity index (χ1) is 8.59. The fraction of sp³-hybridized carbons (Fsp3) is 0.600. The molecule has 0 aliphatic rings. The van der Waals surface area contributed by atoms with E-state index in [0.717, 1.165) is 24.3 Å². The lowest BCUT2D eigenvalue weighted by atomic mass is 10.1. The van der Waals surface area contributed by atoms with Gasteiger partial charge in [-0.3, -0.25) is 0 Å². The Morgan fingerprint density at radius 1 is 1.00 bits per heavy atom. The Labute approximate surface area is 110 Å². The van der Waals surface area contributed by atoms with Crippen LogP contribution >= 0.6 is 0 Å². The molecule has 1 aromatic carbocycles. The molecule has 0 bridgehead atoms. The topological polar surface area (TPSA) is 38.7 Å². The Bertz CT molecular complexity index is 317. The molecular formula is C15H24O3. The van der Waals surface area contributed by atoms with Crippen LogP contribution in [0.25, 0.3) is 0 Å². The van der Waals surface area contributed by atoms with Gasteiger partial charge < -0.3 is 14.6 Å². The molecule has 0 aromatic heterocycles. The number of rotatable bonds is 8. The first kappa shape index (κ1) is 15.0. The summed E-state index contributed by atoms with van der Waals surface area (Å²) in [6, 6.07) is 7.49. The fourth-order valence-corrected chi connectivity index (χ4v) is 1.48. The van der Waals surface area contributed by atoms with E-state index in [1.807, 2.05) is 24.3 Å². The first-order valence-corrected chi connectivity index (χ1v) is 6.58. The van der Waals surface area contributed by atoms with E-state index >= 15 is 0 Å². The molecule has 18 heavy (non-hydrogen) atoms. The van der Waals surface area contributed by atoms with Gasteiger partial charge in [0.1, 0.15) is 12.4 Å². The van der Waals surface area contributed by atoms with Crippen molar-refractivity contribution < 1.29 is 14.6 Å². The Morgan fingerprint density at radius 2 is 1.67 bits per heavy atom. The van der Waals surface area contributed by atoms with Crippen molar-refractivity contribution in [2.24, 2.45) is 5.92 Å². The van der Waals surface area contributed by atoms with Crippen LogP contribution in [-0.2, 0) is 4.74 Å². The van der Waals surface area contributed by atoms with Crippen molar-refractivity contribution in [3.63, 3.8) is 0 Å². The Hall–Kier alpha value is -1.06. The van der Waals surface area contributed by atoms with E-state index in [1.165, 1.54) is 0 Å². The summed E-state index contributed by atoms with van der Waals surface area (Å²) in [5.74, 6) is 1.49. The van der Waals surface area contributed by atoms with E-state index in [2.05, 4.69) is 13.8 Å². The molecule has 1 unspecified atom stereocenters. The lowest BCUT2D eigenvalue weighted by molar-refractivity contribution is 0.0925. The molecule has 0 fully saturated rings. The Balaban J connectivity index is 2.15. The summed E-state index contributed by atoms with van der Waals surface area (Å²) in [6.45, 7) is 8.09. The quantitative estimate of drug-likeness (QED) is 0.722. The van der Waals surface area contributed by atoms with Gasteiger partial charge in [0.25, 0.3) is 0 Å². The second kappa shape index (κ2) is 8.11. The van der Waals surface area contributed by atoms with Crippen molar-refractivity contribution in [3.8, 4) is 5.75 Å². The molecule has 0 saturated carbocycles. The van der Waals surface area contributed by atoms with Crippen LogP contribution in [0.1, 0.15) is 38.9 Å². The van der Waals surface area contributed by atoms with Crippen molar-refractivity contribution in [1.82, 2.24) is 0 Å². The monoisotopic (exact) mass is 252 g/mol. The highest BCUT2D eigenvalue weighted by atomic mass is 16.5. The zero-order valence-electron chi connectivity index (χ0n) is 11.6. The SMILES string of the molecule is CC(C)CCOCCOc1ccc(C(C)O)cc1. The smallest absolute Gasteiger partial charge is 0.119 e. The van der Waals surface area contributed by atoms with Crippen LogP contribution in [0.5, 0.6) is 5.75 Å². The number of hydrogen-bond donors (Lipinski definition) is 1. The molecule has 3 nitrogen and oxygen atoms in total. The van der Waals surface area contributed by atoms with Crippen molar-refractivity contribution in [3.05, 3.63) is 29.8 Å². The highest BCUT2D eigenvalue weighted by Crippen LogP contribution is 2.17. The van der Waals surface area contributed by atoms with Gasteiger partial charge in [-0.15, -0.1) is 0 Å². The molecule has 1 aromatic rings. The molecule has 0 amide bonds. The van der Waals surface area contributed by atoms with E-state index in [4.69, 9.17) is 9.47 Å². The van der Waals surface area contributed by atoms with Crippen molar-refractivity contribution >= 4 is 0 Å². The number of benzene rings is 1. The average Bonchev–Trinajstić information content (AvgIpc) is 2.34. The minimum Gasteiger partial charge on any atom is -0.491 e. The summed E-state index contributed by atoms with van der Waals surface area (Å²) in [5.41, 5.74) is 0.899. The zero-order chi connectivity index (χ0) is 13.4. The largest absolute Gasteiger partial charge is 0.491 e. The summed E-state index contributed by atoms with van der Waals surface area (Å²) in [6.07, 6.45) is 0.654. The maximum atomic E-state index is 9.37. The summed E-state index contributed by atoms with van der Waals surface area (Å²) < 4.78 is 11.0. The van der Waals surface area contributed by atoms with Crippen molar-refractivity contribution in [2.45, 2.75) is 33.3 Å². The second-order valence-electron chi connectivity index (χ2n) is 4.89. The summed E-state index contributed by atoms with van der Waals surface area (Å²) in [4.78, 5) is 0. The third-order valence-corrected chi connectivity index (χ3v) is 2.70. The summed E-state index contributed by atoms with van der Waals surface area (Å²) >= 11 is 0. The van der Waals surface area contributed by atoms with Crippen LogP contribution in [0, 0.1) is 5.92 Å². The van der Waals surface area contributed by atoms with Gasteiger partial charge in [-0.2, -0.15) is 0 Å². The molecule has 0 aliphatic heterocycles. The van der Waals surface area contributed by atoms with E-state index in [0.29, 0.717) is 19.1 Å². The zero-order valence-corrected chi connectivity index (χ0v) is 11.6. The van der Waals surface area contributed by atoms with E-state index < -0.39 is 6.10 Å². The molecular weight excluding hydrogens is 228 g/mol. The minimum absolute atomic E-state index is 0.432. The van der Waals surface area contributed by atoms with Crippen molar-refractivity contribution in [1.29, 1.82) is 0 Å². The predicted octanol–water partition coefficient (Wildman–Crippen LogP) is 3.18. The number of hydrogen-bond acceptors (Lipinski definition) is 3. The summed E-state index contributed by atoms with van der Waals surface area (Å²) in [7, 11) is 0. The van der Waals surface area contributed by atoms with Gasteiger partial charge in [-0.25, -0.2) is 0 Å². The van der Waals surface area contributed by atoms with Crippen molar-refractivity contribution in [2.75, 3.05) is 19.8 Å². The fourth-order valence-electron chi connectivity index (χ4n) is 1.48. The normalized spacial score (nSPS) is 12.7. The third kappa shape index (κ3) is 6.03. The lowest BCUT2D eigenvalue weighted by Crippen LogP contribution is -2.08. The number of aliphatic hydroxyl groups is 1. The molecule has 102 valence electrons. The van der Waals surface area contributed by atoms with Gasteiger partial charge in [-0.1, -0.05) is 26.0 Å². The number of ether oxygens (including phenoxy) is 2. The molecule has 0 radical (unpaired) electrons. The van der Waals surface area contributed by atoms with E-state index in [-0.39, 0.29) is 0 Å². The van der Waals surface area contributed by atoms with Crippen LogP contribution in [0.3, 0.4) is 0 Å². The Morgan fingerprint density at radius 3 is 2.22 bits per heavy atom. The minimum atomic E-state index is -0.432. The Kier molecular flexibility index (Phi) is 6.76. The molecule has 0 aliphatic carbocycles. The summed E-state index contributed by atoms with van der Waals surface area (Å²) in [5, 5.41) is 9.37. The second-order valence-corrected chi connectivity index (χ2v) is 4.89. The van der Waals surface area contributed by atoms with Gasteiger partial charge in [0.15, 0.2) is 0 Å². The molecule has 0 spiro atoms. The molecule has 0 heterocycles. The van der Waals surface area contributed by atoms with Crippen LogP contribution < -0.4 is 4.74 Å². The van der Waals surface area contributed by atoms with Gasteiger partial charge >= 0.3 is 0 Å². The highest BCUT2D eigenvalue weighted by Gasteiger charge is 2.00. The van der Waals surface area contributed by atoms with E-state index in [9.17, 15) is 5.11 Å². The maximum absolute atomic E-state index is 9.37. The maximum Gasteiger partial charge on any atom is 0.119 e. The van der Waals surface area contributed by atoms with Gasteiger partial charge in [0.05, 0.1) is 12.7 Å². The molecule has 3 heteroatoms. The first-order valence-electron chi connectivity index (χ1n) is 6.58. The van der Waals surface area contributed by atoms with Crippen LogP contribution in [0.4, 0.5) is 0 Å². The van der Waals surface area contributed by atoms with E-state index in [1.54, 1.807) is 6.92 Å². The van der Waals surface area contributed by atoms with Crippen LogP contribution in [0.15, 0.2) is 24.3 Å². The van der Waals surface area contributed by atoms with Crippen LogP contribution in [-0.4, -0.2) is 24.9 Å². The average molecular weight is 252 g/mol. The number of aliphatic hydroxyl groups excluding tert-OH is 1. The standard InChI is InChI=1S/C15H24O3/c1-12(2)8-9-17-10-11-18-15-6-4-14(5-7-15)13(3)16/h4-7,12-13,16H,8-11H2,1-3H3.